The first-order valence-electron chi connectivity index (χ1n) is 14.4. The largest absolute Gasteiger partial charge is 0.573 e. The van der Waals surface area contributed by atoms with Gasteiger partial charge in [0, 0.05) is 35.7 Å². The van der Waals surface area contributed by atoms with Crippen LogP contribution >= 0.6 is 23.2 Å². The summed E-state index contributed by atoms with van der Waals surface area (Å²) in [6.07, 6.45) is -1.33. The molecule has 0 unspecified atom stereocenters. The van der Waals surface area contributed by atoms with Crippen LogP contribution in [-0.2, 0) is 4.79 Å². The Labute approximate surface area is 257 Å². The summed E-state index contributed by atoms with van der Waals surface area (Å²) in [4.78, 5) is 20.6. The van der Waals surface area contributed by atoms with E-state index in [-0.39, 0.29) is 11.3 Å². The van der Waals surface area contributed by atoms with Gasteiger partial charge in [-0.05, 0) is 87.7 Å². The van der Waals surface area contributed by atoms with Gasteiger partial charge in [-0.2, -0.15) is 4.98 Å². The molecule has 43 heavy (non-hydrogen) atoms. The molecule has 3 heterocycles. The highest BCUT2D eigenvalue weighted by Crippen LogP contribution is 2.46. The lowest BCUT2D eigenvalue weighted by atomic mass is 9.65. The molecule has 2 N–H and O–H groups in total. The number of carboxylic acids is 1. The van der Waals surface area contributed by atoms with E-state index in [1.54, 1.807) is 25.1 Å². The molecule has 232 valence electrons. The van der Waals surface area contributed by atoms with E-state index in [0.717, 1.165) is 39.0 Å². The van der Waals surface area contributed by atoms with Crippen LogP contribution in [0.5, 0.6) is 5.75 Å². The Morgan fingerprint density at radius 2 is 1.93 bits per heavy atom. The molecule has 1 saturated carbocycles. The minimum atomic E-state index is -4.90. The topological polar surface area (TPSA) is 91.1 Å². The number of carbonyl (C=O) groups is 1. The second kappa shape index (κ2) is 11.2. The van der Waals surface area contributed by atoms with Gasteiger partial charge in [0.1, 0.15) is 11.2 Å². The maximum atomic E-state index is 13.3. The Morgan fingerprint density at radius 3 is 2.60 bits per heavy atom. The molecule has 8 nitrogen and oxygen atoms in total. The molecule has 1 aliphatic carbocycles. The quantitative estimate of drug-likeness (QED) is 0.260. The Balaban J connectivity index is 1.17. The molecule has 0 radical (unpaired) electrons. The normalized spacial score (nSPS) is 25.7. The Kier molecular flexibility index (Phi) is 7.88. The van der Waals surface area contributed by atoms with Gasteiger partial charge >= 0.3 is 12.3 Å². The Hall–Kier alpha value is -2.89. The summed E-state index contributed by atoms with van der Waals surface area (Å²) in [6, 6.07) is 7.78. The number of ether oxygens (including phenoxy) is 1. The molecule has 2 atom stereocenters. The van der Waals surface area contributed by atoms with Crippen molar-refractivity contribution in [2.45, 2.75) is 58.0 Å². The zero-order valence-electron chi connectivity index (χ0n) is 23.8. The highest BCUT2D eigenvalue weighted by molar-refractivity contribution is 6.35. The lowest BCUT2D eigenvalue weighted by Gasteiger charge is -2.52. The van der Waals surface area contributed by atoms with Crippen LogP contribution < -0.4 is 15.0 Å². The van der Waals surface area contributed by atoms with Gasteiger partial charge in [-0.25, -0.2) is 0 Å². The fourth-order valence-electron chi connectivity index (χ4n) is 6.73. The van der Waals surface area contributed by atoms with Crippen molar-refractivity contribution in [3.8, 4) is 5.75 Å². The first kappa shape index (κ1) is 30.1. The SMILES string of the molecule is C[C@@H](Nc1c(OC(F)(F)F)ccc2nc(N3CC([C@H]4CCCN(C5CC(C)(C(=O)O)C5)C4)C3)oc12)c1ccc(Cl)cc1Cl. The summed E-state index contributed by atoms with van der Waals surface area (Å²) < 4.78 is 50.4. The molecule has 3 aliphatic rings. The lowest BCUT2D eigenvalue weighted by molar-refractivity contribution is -0.274. The fourth-order valence-corrected chi connectivity index (χ4v) is 7.30. The number of hydrogen-bond acceptors (Lipinski definition) is 7. The van der Waals surface area contributed by atoms with Gasteiger partial charge in [0.25, 0.3) is 6.01 Å². The fraction of sp³-hybridized carbons (Fsp3) is 0.533. The van der Waals surface area contributed by atoms with Gasteiger partial charge in [0.05, 0.1) is 11.5 Å². The van der Waals surface area contributed by atoms with Gasteiger partial charge < -0.3 is 29.4 Å². The number of rotatable bonds is 8. The second-order valence-electron chi connectivity index (χ2n) is 12.4. The van der Waals surface area contributed by atoms with Gasteiger partial charge in [-0.3, -0.25) is 4.79 Å². The predicted octanol–water partition coefficient (Wildman–Crippen LogP) is 7.61. The van der Waals surface area contributed by atoms with Crippen LogP contribution in [0.2, 0.25) is 10.0 Å². The number of aliphatic carboxylic acids is 1. The summed E-state index contributed by atoms with van der Waals surface area (Å²) in [5.74, 6) is -0.236. The van der Waals surface area contributed by atoms with Gasteiger partial charge in [0.15, 0.2) is 11.3 Å². The van der Waals surface area contributed by atoms with Crippen molar-refractivity contribution in [1.82, 2.24) is 9.88 Å². The average Bonchev–Trinajstić information content (AvgIpc) is 3.30. The standard InChI is InChI=1S/C30H33Cl2F3N4O4/c1-16(21-6-5-19(31)10-22(21)32)36-25-24(43-30(33,34)35)8-7-23-26(25)42-28(37-23)39-14-18(15-39)17-4-3-9-38(13-17)20-11-29(2,12-20)27(40)41/h5-8,10,16-18,20,36H,3-4,9,11-15H2,1-2H3,(H,40,41)/t16-,17+,20?,29?/m1/s1. The van der Waals surface area contributed by atoms with E-state index in [9.17, 15) is 23.1 Å². The van der Waals surface area contributed by atoms with Crippen LogP contribution in [0.3, 0.4) is 0 Å². The van der Waals surface area contributed by atoms with Gasteiger partial charge in [0.2, 0.25) is 0 Å². The van der Waals surface area contributed by atoms with Gasteiger partial charge in [-0.15, -0.1) is 13.2 Å². The molecular formula is C30H33Cl2F3N4O4. The molecule has 2 saturated heterocycles. The van der Waals surface area contributed by atoms with Crippen molar-refractivity contribution in [3.05, 3.63) is 45.9 Å². The zero-order valence-corrected chi connectivity index (χ0v) is 25.3. The van der Waals surface area contributed by atoms with E-state index >= 15 is 0 Å². The number of oxazole rings is 1. The molecule has 2 aromatic carbocycles. The molecular weight excluding hydrogens is 608 g/mol. The number of benzene rings is 2. The Bertz CT molecular complexity index is 1520. The summed E-state index contributed by atoms with van der Waals surface area (Å²) in [5.41, 5.74) is 0.617. The van der Waals surface area contributed by atoms with E-state index in [1.807, 2.05) is 11.8 Å². The van der Waals surface area contributed by atoms with E-state index in [4.69, 9.17) is 27.6 Å². The van der Waals surface area contributed by atoms with Crippen LogP contribution in [0.1, 0.15) is 51.1 Å². The Morgan fingerprint density at radius 1 is 1.19 bits per heavy atom. The number of aromatic nitrogens is 1. The zero-order chi connectivity index (χ0) is 30.7. The second-order valence-corrected chi connectivity index (χ2v) is 13.2. The van der Waals surface area contributed by atoms with E-state index in [1.165, 1.54) is 12.1 Å². The maximum absolute atomic E-state index is 13.3. The third-order valence-electron chi connectivity index (χ3n) is 9.26. The minimum Gasteiger partial charge on any atom is -0.481 e. The number of nitrogens with zero attached hydrogens (tertiary/aromatic N) is 3. The van der Waals surface area contributed by atoms with E-state index in [2.05, 4.69) is 19.9 Å². The number of halogens is 5. The van der Waals surface area contributed by atoms with Crippen LogP contribution in [0.4, 0.5) is 24.9 Å². The first-order chi connectivity index (χ1) is 20.3. The molecule has 1 aromatic heterocycles. The summed E-state index contributed by atoms with van der Waals surface area (Å²) >= 11 is 12.4. The number of hydrogen-bond donors (Lipinski definition) is 2. The van der Waals surface area contributed by atoms with Crippen molar-refractivity contribution in [1.29, 1.82) is 0 Å². The van der Waals surface area contributed by atoms with Crippen molar-refractivity contribution in [3.63, 3.8) is 0 Å². The molecule has 3 aromatic rings. The number of alkyl halides is 3. The highest BCUT2D eigenvalue weighted by Gasteiger charge is 2.50. The van der Waals surface area contributed by atoms with E-state index in [0.29, 0.717) is 57.9 Å². The highest BCUT2D eigenvalue weighted by atomic mass is 35.5. The number of piperidine rings is 1. The number of nitrogens with one attached hydrogen (secondary N) is 1. The monoisotopic (exact) mass is 640 g/mol. The molecule has 0 spiro atoms. The van der Waals surface area contributed by atoms with Crippen molar-refractivity contribution < 1.29 is 32.2 Å². The third-order valence-corrected chi connectivity index (χ3v) is 9.83. The molecule has 6 rings (SSSR count). The third kappa shape index (κ3) is 6.08. The van der Waals surface area contributed by atoms with Crippen molar-refractivity contribution in [2.24, 2.45) is 17.3 Å². The minimum absolute atomic E-state index is 0.0287. The number of carboxylic acid groups (broad SMARTS) is 1. The van der Waals surface area contributed by atoms with Crippen LogP contribution in [0.25, 0.3) is 11.1 Å². The summed E-state index contributed by atoms with van der Waals surface area (Å²) in [7, 11) is 0. The van der Waals surface area contributed by atoms with Gasteiger partial charge in [-0.1, -0.05) is 29.3 Å². The smallest absolute Gasteiger partial charge is 0.481 e. The summed E-state index contributed by atoms with van der Waals surface area (Å²) in [5, 5.41) is 13.4. The van der Waals surface area contributed by atoms with Crippen LogP contribution in [0.15, 0.2) is 34.7 Å². The number of likely N-dealkylation sites (tertiary alicyclic amines) is 1. The molecule has 2 aliphatic heterocycles. The van der Waals surface area contributed by atoms with Crippen LogP contribution in [-0.4, -0.2) is 59.5 Å². The molecule has 0 bridgehead atoms. The molecule has 3 fully saturated rings. The average molecular weight is 642 g/mol. The van der Waals surface area contributed by atoms with Crippen molar-refractivity contribution >= 4 is 52.0 Å². The maximum Gasteiger partial charge on any atom is 0.573 e. The number of fused-ring (bicyclic) bond motifs is 1. The number of anilines is 2. The molecule has 0 amide bonds. The summed E-state index contributed by atoms with van der Waals surface area (Å²) in [6.45, 7) is 6.99. The molecule has 13 heteroatoms. The van der Waals surface area contributed by atoms with E-state index < -0.39 is 29.5 Å². The lowest BCUT2D eigenvalue weighted by Crippen LogP contribution is -2.58. The van der Waals surface area contributed by atoms with Crippen LogP contribution in [0, 0.1) is 17.3 Å². The predicted molar refractivity (Wildman–Crippen MR) is 158 cm³/mol. The first-order valence-corrected chi connectivity index (χ1v) is 15.2. The van der Waals surface area contributed by atoms with Crippen molar-refractivity contribution in [2.75, 3.05) is 36.4 Å².